The molecule has 1 saturated heterocycles. The van der Waals surface area contributed by atoms with Crippen molar-refractivity contribution in [3.05, 3.63) is 29.2 Å². The first-order valence-electron chi connectivity index (χ1n) is 5.31. The minimum absolute atomic E-state index is 0.212. The van der Waals surface area contributed by atoms with Crippen LogP contribution in [0.3, 0.4) is 0 Å². The van der Waals surface area contributed by atoms with Crippen molar-refractivity contribution >= 4 is 12.0 Å². The SMILES string of the molecule is CC(=Cc1ccc(C2(C)OCCO2)o1)C(=O)O. The molecule has 1 N–H and O–H groups in total. The van der Waals surface area contributed by atoms with Crippen molar-refractivity contribution in [3.63, 3.8) is 0 Å². The van der Waals surface area contributed by atoms with Crippen LogP contribution in [-0.2, 0) is 20.1 Å². The van der Waals surface area contributed by atoms with Gasteiger partial charge in [-0.15, -0.1) is 0 Å². The molecule has 0 aliphatic carbocycles. The fourth-order valence-electron chi connectivity index (χ4n) is 1.61. The summed E-state index contributed by atoms with van der Waals surface area (Å²) in [6, 6.07) is 3.42. The highest BCUT2D eigenvalue weighted by Gasteiger charge is 2.36. The van der Waals surface area contributed by atoms with E-state index in [0.717, 1.165) is 0 Å². The van der Waals surface area contributed by atoms with E-state index in [0.29, 0.717) is 24.7 Å². The van der Waals surface area contributed by atoms with Crippen LogP contribution in [0.15, 0.2) is 22.1 Å². The Kier molecular flexibility index (Phi) is 3.04. The second-order valence-electron chi connectivity index (χ2n) is 3.98. The number of carboxylic acid groups (broad SMARTS) is 1. The summed E-state index contributed by atoms with van der Waals surface area (Å²) in [5.41, 5.74) is 0.212. The van der Waals surface area contributed by atoms with Crippen LogP contribution in [0.4, 0.5) is 0 Å². The molecular weight excluding hydrogens is 224 g/mol. The van der Waals surface area contributed by atoms with Crippen molar-refractivity contribution in [2.24, 2.45) is 0 Å². The summed E-state index contributed by atoms with van der Waals surface area (Å²) >= 11 is 0. The molecule has 0 unspecified atom stereocenters. The van der Waals surface area contributed by atoms with Gasteiger partial charge in [0.1, 0.15) is 5.76 Å². The Morgan fingerprint density at radius 3 is 2.65 bits per heavy atom. The third-order valence-electron chi connectivity index (χ3n) is 2.61. The quantitative estimate of drug-likeness (QED) is 0.815. The van der Waals surface area contributed by atoms with Gasteiger partial charge in [-0.05, 0) is 32.1 Å². The van der Waals surface area contributed by atoms with E-state index in [1.54, 1.807) is 19.1 Å². The number of furan rings is 1. The van der Waals surface area contributed by atoms with Crippen LogP contribution in [0.5, 0.6) is 0 Å². The van der Waals surface area contributed by atoms with Crippen molar-refractivity contribution in [1.29, 1.82) is 0 Å². The first kappa shape index (κ1) is 11.9. The van der Waals surface area contributed by atoms with Crippen molar-refractivity contribution < 1.29 is 23.8 Å². The number of ether oxygens (including phenoxy) is 2. The van der Waals surface area contributed by atoms with E-state index in [2.05, 4.69) is 0 Å². The smallest absolute Gasteiger partial charge is 0.331 e. The lowest BCUT2D eigenvalue weighted by Crippen LogP contribution is -2.21. The van der Waals surface area contributed by atoms with E-state index in [9.17, 15) is 4.79 Å². The molecule has 0 bridgehead atoms. The van der Waals surface area contributed by atoms with E-state index in [4.69, 9.17) is 19.0 Å². The molecule has 0 aromatic carbocycles. The Hall–Kier alpha value is -1.59. The summed E-state index contributed by atoms with van der Waals surface area (Å²) in [4.78, 5) is 10.7. The van der Waals surface area contributed by atoms with E-state index < -0.39 is 11.8 Å². The monoisotopic (exact) mass is 238 g/mol. The van der Waals surface area contributed by atoms with Gasteiger partial charge in [-0.2, -0.15) is 0 Å². The van der Waals surface area contributed by atoms with Crippen molar-refractivity contribution in [2.75, 3.05) is 13.2 Å². The average molecular weight is 238 g/mol. The third-order valence-corrected chi connectivity index (χ3v) is 2.61. The Balaban J connectivity index is 2.22. The normalized spacial score (nSPS) is 19.5. The molecule has 1 aliphatic rings. The number of carboxylic acids is 1. The molecule has 17 heavy (non-hydrogen) atoms. The Labute approximate surface area is 98.6 Å². The number of rotatable bonds is 3. The predicted molar refractivity (Wildman–Crippen MR) is 59.3 cm³/mol. The van der Waals surface area contributed by atoms with Gasteiger partial charge in [-0.1, -0.05) is 0 Å². The summed E-state index contributed by atoms with van der Waals surface area (Å²) in [5.74, 6) is -0.814. The molecule has 1 aromatic heterocycles. The average Bonchev–Trinajstić information content (AvgIpc) is 2.88. The highest BCUT2D eigenvalue weighted by Crippen LogP contribution is 2.32. The largest absolute Gasteiger partial charge is 0.478 e. The highest BCUT2D eigenvalue weighted by atomic mass is 16.7. The van der Waals surface area contributed by atoms with Gasteiger partial charge in [0.2, 0.25) is 5.79 Å². The lowest BCUT2D eigenvalue weighted by atomic mass is 10.2. The van der Waals surface area contributed by atoms with Crippen LogP contribution in [-0.4, -0.2) is 24.3 Å². The topological polar surface area (TPSA) is 68.9 Å². The first-order valence-corrected chi connectivity index (χ1v) is 5.31. The van der Waals surface area contributed by atoms with Gasteiger partial charge in [-0.25, -0.2) is 4.79 Å². The standard InChI is InChI=1S/C12H14O5/c1-8(11(13)14)7-9-3-4-10(17-9)12(2)15-5-6-16-12/h3-4,7H,5-6H2,1-2H3,(H,13,14). The van der Waals surface area contributed by atoms with Gasteiger partial charge in [-0.3, -0.25) is 0 Å². The molecule has 0 amide bonds. The number of hydrogen-bond donors (Lipinski definition) is 1. The molecule has 5 nitrogen and oxygen atoms in total. The van der Waals surface area contributed by atoms with E-state index in [1.807, 2.05) is 0 Å². The fourth-order valence-corrected chi connectivity index (χ4v) is 1.61. The molecule has 2 rings (SSSR count). The molecule has 0 atom stereocenters. The lowest BCUT2D eigenvalue weighted by molar-refractivity contribution is -0.163. The zero-order chi connectivity index (χ0) is 12.5. The van der Waals surface area contributed by atoms with Gasteiger partial charge in [0.15, 0.2) is 5.76 Å². The molecule has 5 heteroatoms. The maximum absolute atomic E-state index is 10.7. The maximum atomic E-state index is 10.7. The van der Waals surface area contributed by atoms with Crippen LogP contribution < -0.4 is 0 Å². The van der Waals surface area contributed by atoms with Crippen LogP contribution >= 0.6 is 0 Å². The molecule has 1 fully saturated rings. The second-order valence-corrected chi connectivity index (χ2v) is 3.98. The lowest BCUT2D eigenvalue weighted by Gasteiger charge is -2.18. The summed E-state index contributed by atoms with van der Waals surface area (Å²) in [6.45, 7) is 4.33. The summed E-state index contributed by atoms with van der Waals surface area (Å²) in [5, 5.41) is 8.75. The Morgan fingerprint density at radius 1 is 1.41 bits per heavy atom. The molecule has 0 spiro atoms. The minimum atomic E-state index is -0.970. The zero-order valence-electron chi connectivity index (χ0n) is 9.73. The first-order chi connectivity index (χ1) is 8.01. The summed E-state index contributed by atoms with van der Waals surface area (Å²) < 4.78 is 16.4. The number of aliphatic carboxylic acids is 1. The van der Waals surface area contributed by atoms with Gasteiger partial charge < -0.3 is 19.0 Å². The van der Waals surface area contributed by atoms with Gasteiger partial charge >= 0.3 is 5.97 Å². The highest BCUT2D eigenvalue weighted by molar-refractivity contribution is 5.90. The van der Waals surface area contributed by atoms with E-state index in [1.165, 1.54) is 13.0 Å². The maximum Gasteiger partial charge on any atom is 0.331 e. The Bertz CT molecular complexity index is 451. The molecule has 2 heterocycles. The molecule has 1 aliphatic heterocycles. The molecule has 1 aromatic rings. The van der Waals surface area contributed by atoms with Crippen LogP contribution in [0.25, 0.3) is 6.08 Å². The van der Waals surface area contributed by atoms with Crippen molar-refractivity contribution in [3.8, 4) is 0 Å². The van der Waals surface area contributed by atoms with Gasteiger partial charge in [0.25, 0.3) is 0 Å². The molecule has 0 saturated carbocycles. The third kappa shape index (κ3) is 2.40. The molecular formula is C12H14O5. The number of carbonyl (C=O) groups is 1. The predicted octanol–water partition coefficient (Wildman–Crippen LogP) is 1.99. The van der Waals surface area contributed by atoms with E-state index in [-0.39, 0.29) is 5.57 Å². The van der Waals surface area contributed by atoms with Crippen LogP contribution in [0, 0.1) is 0 Å². The fraction of sp³-hybridized carbons (Fsp3) is 0.417. The van der Waals surface area contributed by atoms with Crippen LogP contribution in [0.1, 0.15) is 25.4 Å². The van der Waals surface area contributed by atoms with Crippen molar-refractivity contribution in [2.45, 2.75) is 19.6 Å². The molecule has 92 valence electrons. The van der Waals surface area contributed by atoms with Gasteiger partial charge in [0, 0.05) is 5.57 Å². The van der Waals surface area contributed by atoms with Crippen molar-refractivity contribution in [1.82, 2.24) is 0 Å². The minimum Gasteiger partial charge on any atom is -0.478 e. The Morgan fingerprint density at radius 2 is 2.06 bits per heavy atom. The van der Waals surface area contributed by atoms with E-state index >= 15 is 0 Å². The second kappa shape index (κ2) is 4.35. The van der Waals surface area contributed by atoms with Gasteiger partial charge in [0.05, 0.1) is 13.2 Å². The zero-order valence-corrected chi connectivity index (χ0v) is 9.73. The summed E-state index contributed by atoms with van der Waals surface area (Å²) in [6.07, 6.45) is 1.46. The van der Waals surface area contributed by atoms with Crippen LogP contribution in [0.2, 0.25) is 0 Å². The molecule has 0 radical (unpaired) electrons. The summed E-state index contributed by atoms with van der Waals surface area (Å²) in [7, 11) is 0. The number of hydrogen-bond acceptors (Lipinski definition) is 4.